The average molecular weight is 310 g/mol. The van der Waals surface area contributed by atoms with Crippen molar-refractivity contribution < 1.29 is 4.39 Å². The van der Waals surface area contributed by atoms with Gasteiger partial charge in [0.15, 0.2) is 0 Å². The third-order valence-corrected chi connectivity index (χ3v) is 3.51. The Balaban J connectivity index is 2.21. The van der Waals surface area contributed by atoms with E-state index in [1.165, 1.54) is 18.5 Å². The quantitative estimate of drug-likeness (QED) is 0.943. The third kappa shape index (κ3) is 3.11. The summed E-state index contributed by atoms with van der Waals surface area (Å²) in [5.41, 5.74) is 2.05. The predicted molar refractivity (Wildman–Crippen MR) is 71.6 cm³/mol. The van der Waals surface area contributed by atoms with Gasteiger partial charge in [0, 0.05) is 28.5 Å². The molecule has 1 N–H and O–H groups in total. The molecular formula is C13H13BrFN3. The second-order valence-corrected chi connectivity index (χ2v) is 4.81. The molecule has 1 atom stereocenters. The number of hydrogen-bond acceptors (Lipinski definition) is 3. The van der Waals surface area contributed by atoms with E-state index >= 15 is 0 Å². The maximum Gasteiger partial charge on any atom is 0.124 e. The molecular weight excluding hydrogens is 297 g/mol. The van der Waals surface area contributed by atoms with Crippen LogP contribution < -0.4 is 5.32 Å². The molecule has 0 saturated heterocycles. The minimum Gasteiger partial charge on any atom is -0.313 e. The molecule has 1 heterocycles. The van der Waals surface area contributed by atoms with Crippen LogP contribution in [0.1, 0.15) is 17.2 Å². The number of nitrogens with one attached hydrogen (secondary N) is 1. The predicted octanol–water partition coefficient (Wildman–Crippen LogP) is 2.88. The van der Waals surface area contributed by atoms with E-state index in [0.717, 1.165) is 22.0 Å². The fourth-order valence-corrected chi connectivity index (χ4v) is 2.30. The van der Waals surface area contributed by atoms with E-state index in [-0.39, 0.29) is 11.9 Å². The van der Waals surface area contributed by atoms with Crippen LogP contribution in [-0.2, 0) is 6.42 Å². The molecule has 0 saturated carbocycles. The molecule has 0 aliphatic heterocycles. The maximum atomic E-state index is 13.0. The largest absolute Gasteiger partial charge is 0.313 e. The summed E-state index contributed by atoms with van der Waals surface area (Å²) in [4.78, 5) is 8.02. The van der Waals surface area contributed by atoms with Crippen molar-refractivity contribution in [3.05, 3.63) is 58.3 Å². The van der Waals surface area contributed by atoms with Gasteiger partial charge in [0.25, 0.3) is 0 Å². The van der Waals surface area contributed by atoms with E-state index < -0.39 is 0 Å². The van der Waals surface area contributed by atoms with E-state index in [4.69, 9.17) is 0 Å². The van der Waals surface area contributed by atoms with E-state index in [9.17, 15) is 4.39 Å². The Hall–Kier alpha value is -1.33. The van der Waals surface area contributed by atoms with Crippen LogP contribution in [0.5, 0.6) is 0 Å². The van der Waals surface area contributed by atoms with Gasteiger partial charge in [-0.25, -0.2) is 14.4 Å². The molecule has 0 amide bonds. The summed E-state index contributed by atoms with van der Waals surface area (Å²) in [6, 6.07) is 4.83. The summed E-state index contributed by atoms with van der Waals surface area (Å²) in [5, 5.41) is 3.21. The Morgan fingerprint density at radius 3 is 2.67 bits per heavy atom. The van der Waals surface area contributed by atoms with Crippen molar-refractivity contribution in [2.75, 3.05) is 7.05 Å². The fourth-order valence-electron chi connectivity index (χ4n) is 1.78. The first-order valence-corrected chi connectivity index (χ1v) is 6.36. The van der Waals surface area contributed by atoms with Gasteiger partial charge < -0.3 is 5.32 Å². The molecule has 1 aromatic heterocycles. The molecule has 18 heavy (non-hydrogen) atoms. The van der Waals surface area contributed by atoms with Crippen molar-refractivity contribution in [3.8, 4) is 0 Å². The zero-order chi connectivity index (χ0) is 13.0. The SMILES string of the molecule is CNC(Cc1ccc(F)cc1Br)c1cncnc1. The van der Waals surface area contributed by atoms with Crippen LogP contribution >= 0.6 is 15.9 Å². The van der Waals surface area contributed by atoms with Gasteiger partial charge in [-0.2, -0.15) is 0 Å². The molecule has 2 aromatic rings. The number of aromatic nitrogens is 2. The number of nitrogens with zero attached hydrogens (tertiary/aromatic N) is 2. The van der Waals surface area contributed by atoms with Crippen LogP contribution in [0, 0.1) is 5.82 Å². The fraction of sp³-hybridized carbons (Fsp3) is 0.231. The standard InChI is InChI=1S/C13H13BrFN3/c1-16-13(10-6-17-8-18-7-10)4-9-2-3-11(15)5-12(9)14/h2-3,5-8,13,16H,4H2,1H3. The van der Waals surface area contributed by atoms with Gasteiger partial charge >= 0.3 is 0 Å². The Kier molecular flexibility index (Phi) is 4.38. The molecule has 0 fully saturated rings. The topological polar surface area (TPSA) is 37.8 Å². The first-order chi connectivity index (χ1) is 8.70. The van der Waals surface area contributed by atoms with E-state index in [1.807, 2.05) is 7.05 Å². The highest BCUT2D eigenvalue weighted by Crippen LogP contribution is 2.23. The van der Waals surface area contributed by atoms with Crippen molar-refractivity contribution in [2.45, 2.75) is 12.5 Å². The third-order valence-electron chi connectivity index (χ3n) is 2.77. The number of halogens is 2. The van der Waals surface area contributed by atoms with Gasteiger partial charge in [-0.3, -0.25) is 0 Å². The molecule has 0 radical (unpaired) electrons. The van der Waals surface area contributed by atoms with Gasteiger partial charge in [-0.1, -0.05) is 22.0 Å². The summed E-state index contributed by atoms with van der Waals surface area (Å²) in [7, 11) is 1.88. The lowest BCUT2D eigenvalue weighted by molar-refractivity contribution is 0.583. The Labute approximate surface area is 114 Å². The summed E-state index contributed by atoms with van der Waals surface area (Å²) >= 11 is 3.38. The van der Waals surface area contributed by atoms with Crippen molar-refractivity contribution in [1.29, 1.82) is 0 Å². The molecule has 0 aliphatic carbocycles. The maximum absolute atomic E-state index is 13.0. The van der Waals surface area contributed by atoms with Gasteiger partial charge in [0.05, 0.1) is 0 Å². The number of likely N-dealkylation sites (N-methyl/N-ethyl adjacent to an activating group) is 1. The number of benzene rings is 1. The average Bonchev–Trinajstić information content (AvgIpc) is 2.39. The Morgan fingerprint density at radius 1 is 1.33 bits per heavy atom. The molecule has 2 rings (SSSR count). The van der Waals surface area contributed by atoms with Crippen LogP contribution in [0.25, 0.3) is 0 Å². The van der Waals surface area contributed by atoms with Crippen LogP contribution in [0.2, 0.25) is 0 Å². The second kappa shape index (κ2) is 6.02. The highest BCUT2D eigenvalue weighted by atomic mass is 79.9. The first-order valence-electron chi connectivity index (χ1n) is 5.57. The minimum atomic E-state index is -0.241. The molecule has 0 aliphatic rings. The highest BCUT2D eigenvalue weighted by Gasteiger charge is 2.12. The van der Waals surface area contributed by atoms with Gasteiger partial charge in [-0.05, 0) is 31.2 Å². The Morgan fingerprint density at radius 2 is 2.06 bits per heavy atom. The van der Waals surface area contributed by atoms with Crippen molar-refractivity contribution in [3.63, 3.8) is 0 Å². The van der Waals surface area contributed by atoms with Gasteiger partial charge in [-0.15, -0.1) is 0 Å². The lowest BCUT2D eigenvalue weighted by Gasteiger charge is -2.16. The highest BCUT2D eigenvalue weighted by molar-refractivity contribution is 9.10. The lowest BCUT2D eigenvalue weighted by Crippen LogP contribution is -2.19. The molecule has 0 bridgehead atoms. The van der Waals surface area contributed by atoms with E-state index in [0.29, 0.717) is 0 Å². The van der Waals surface area contributed by atoms with Crippen molar-refractivity contribution >= 4 is 15.9 Å². The van der Waals surface area contributed by atoms with Gasteiger partial charge in [0.1, 0.15) is 12.1 Å². The molecule has 5 heteroatoms. The summed E-state index contributed by atoms with van der Waals surface area (Å²) < 4.78 is 13.8. The molecule has 0 spiro atoms. The normalized spacial score (nSPS) is 12.4. The van der Waals surface area contributed by atoms with E-state index in [1.54, 1.807) is 18.5 Å². The van der Waals surface area contributed by atoms with Gasteiger partial charge in [0.2, 0.25) is 0 Å². The first kappa shape index (κ1) is 13.1. The molecule has 1 unspecified atom stereocenters. The van der Waals surface area contributed by atoms with Crippen LogP contribution in [0.3, 0.4) is 0 Å². The van der Waals surface area contributed by atoms with Crippen molar-refractivity contribution in [1.82, 2.24) is 15.3 Å². The molecule has 1 aromatic carbocycles. The smallest absolute Gasteiger partial charge is 0.124 e. The number of hydrogen-bond donors (Lipinski definition) is 1. The zero-order valence-corrected chi connectivity index (χ0v) is 11.5. The summed E-state index contributed by atoms with van der Waals surface area (Å²) in [6.45, 7) is 0. The molecule has 3 nitrogen and oxygen atoms in total. The lowest BCUT2D eigenvalue weighted by atomic mass is 10.0. The van der Waals surface area contributed by atoms with Crippen molar-refractivity contribution in [2.24, 2.45) is 0 Å². The summed E-state index contributed by atoms with van der Waals surface area (Å²) in [6.07, 6.45) is 5.81. The second-order valence-electron chi connectivity index (χ2n) is 3.95. The Bertz CT molecular complexity index is 519. The van der Waals surface area contributed by atoms with Crippen LogP contribution in [-0.4, -0.2) is 17.0 Å². The number of rotatable bonds is 4. The monoisotopic (exact) mass is 309 g/mol. The van der Waals surface area contributed by atoms with Crippen LogP contribution in [0.15, 0.2) is 41.4 Å². The summed E-state index contributed by atoms with van der Waals surface area (Å²) in [5.74, 6) is -0.241. The van der Waals surface area contributed by atoms with E-state index in [2.05, 4.69) is 31.2 Å². The molecule has 94 valence electrons. The van der Waals surface area contributed by atoms with Crippen LogP contribution in [0.4, 0.5) is 4.39 Å². The zero-order valence-electron chi connectivity index (χ0n) is 9.90. The minimum absolute atomic E-state index is 0.105.